The van der Waals surface area contributed by atoms with Gasteiger partial charge >= 0.3 is 5.97 Å². The summed E-state index contributed by atoms with van der Waals surface area (Å²) in [5.41, 5.74) is 0. The zero-order chi connectivity index (χ0) is 18.0. The highest BCUT2D eigenvalue weighted by atomic mass is 16.4. The Kier molecular flexibility index (Phi) is 14.6. The zero-order valence-corrected chi connectivity index (χ0v) is 14.6. The first-order valence-electron chi connectivity index (χ1n) is 8.65. The van der Waals surface area contributed by atoms with E-state index in [9.17, 15) is 14.7 Å². The number of ketones is 1. The van der Waals surface area contributed by atoms with Crippen LogP contribution in [0.1, 0.15) is 58.3 Å². The van der Waals surface area contributed by atoms with Crippen LogP contribution in [0.3, 0.4) is 0 Å². The number of allylic oxidation sites excluding steroid dienone is 6. The van der Waals surface area contributed by atoms with Crippen molar-refractivity contribution in [2.75, 3.05) is 0 Å². The number of aliphatic carboxylic acids is 1. The Balaban J connectivity index is 3.83. The summed E-state index contributed by atoms with van der Waals surface area (Å²) in [7, 11) is 0. The van der Waals surface area contributed by atoms with Crippen molar-refractivity contribution >= 4 is 11.8 Å². The van der Waals surface area contributed by atoms with Crippen molar-refractivity contribution in [1.29, 1.82) is 0 Å². The third-order valence-electron chi connectivity index (χ3n) is 3.28. The highest BCUT2D eigenvalue weighted by Gasteiger charge is 1.99. The maximum atomic E-state index is 11.4. The van der Waals surface area contributed by atoms with Gasteiger partial charge in [-0.2, -0.15) is 0 Å². The maximum absolute atomic E-state index is 11.4. The number of carbonyl (C=O) groups is 2. The molecule has 0 aromatic heterocycles. The fraction of sp³-hybridized carbons (Fsp3) is 0.500. The molecule has 0 aromatic carbocycles. The lowest BCUT2D eigenvalue weighted by Gasteiger charge is -1.99. The number of hydrogen-bond acceptors (Lipinski definition) is 3. The normalized spacial score (nSPS) is 13.6. The van der Waals surface area contributed by atoms with Crippen LogP contribution in [0.15, 0.2) is 48.6 Å². The van der Waals surface area contributed by atoms with Crippen molar-refractivity contribution < 1.29 is 19.8 Å². The lowest BCUT2D eigenvalue weighted by atomic mass is 10.1. The molecule has 1 atom stereocenters. The first-order valence-corrected chi connectivity index (χ1v) is 8.65. The van der Waals surface area contributed by atoms with E-state index in [1.807, 2.05) is 6.08 Å². The van der Waals surface area contributed by atoms with E-state index < -0.39 is 12.1 Å². The summed E-state index contributed by atoms with van der Waals surface area (Å²) in [4.78, 5) is 21.7. The number of hydrogen-bond donors (Lipinski definition) is 2. The highest BCUT2D eigenvalue weighted by Crippen LogP contribution is 2.02. The molecule has 0 bridgehead atoms. The number of unbranched alkanes of at least 4 members (excludes halogenated alkanes) is 3. The van der Waals surface area contributed by atoms with Gasteiger partial charge in [0.1, 0.15) is 0 Å². The first kappa shape index (κ1) is 22.1. The summed E-state index contributed by atoms with van der Waals surface area (Å²) >= 11 is 0. The van der Waals surface area contributed by atoms with Gasteiger partial charge in [0.25, 0.3) is 0 Å². The second-order valence-electron chi connectivity index (χ2n) is 5.61. The minimum Gasteiger partial charge on any atom is -0.481 e. The molecule has 0 aliphatic heterocycles. The topological polar surface area (TPSA) is 74.6 Å². The van der Waals surface area contributed by atoms with Gasteiger partial charge in [0, 0.05) is 12.8 Å². The van der Waals surface area contributed by atoms with Crippen LogP contribution in [0.4, 0.5) is 0 Å². The molecular weight excluding hydrogens is 304 g/mol. The molecule has 0 saturated heterocycles. The lowest BCUT2D eigenvalue weighted by molar-refractivity contribution is -0.137. The average molecular weight is 334 g/mol. The maximum Gasteiger partial charge on any atom is 0.303 e. The third-order valence-corrected chi connectivity index (χ3v) is 3.28. The summed E-state index contributed by atoms with van der Waals surface area (Å²) in [5, 5.41) is 18.2. The Labute approximate surface area is 145 Å². The van der Waals surface area contributed by atoms with Gasteiger partial charge in [0.15, 0.2) is 5.78 Å². The third kappa shape index (κ3) is 16.4. The molecule has 0 aliphatic carbocycles. The largest absolute Gasteiger partial charge is 0.481 e. The van der Waals surface area contributed by atoms with Gasteiger partial charge in [-0.25, -0.2) is 0 Å². The van der Waals surface area contributed by atoms with Gasteiger partial charge in [0.2, 0.25) is 0 Å². The van der Waals surface area contributed by atoms with Gasteiger partial charge in [-0.1, -0.05) is 62.3 Å². The predicted octanol–water partition coefficient (Wildman–Crippen LogP) is 4.37. The second-order valence-corrected chi connectivity index (χ2v) is 5.61. The molecule has 0 aliphatic rings. The quantitative estimate of drug-likeness (QED) is 0.214. The van der Waals surface area contributed by atoms with Crippen molar-refractivity contribution in [3.05, 3.63) is 48.6 Å². The Morgan fingerprint density at radius 2 is 1.71 bits per heavy atom. The number of carbonyl (C=O) groups excluding carboxylic acids is 1. The average Bonchev–Trinajstić information content (AvgIpc) is 2.53. The van der Waals surface area contributed by atoms with E-state index in [1.165, 1.54) is 25.3 Å². The molecule has 0 amide bonds. The summed E-state index contributed by atoms with van der Waals surface area (Å²) in [6, 6.07) is 0. The van der Waals surface area contributed by atoms with Crippen LogP contribution < -0.4 is 0 Å². The minimum absolute atomic E-state index is 0.0170. The molecule has 134 valence electrons. The Bertz CT molecular complexity index is 458. The van der Waals surface area contributed by atoms with Crippen molar-refractivity contribution in [2.45, 2.75) is 64.4 Å². The van der Waals surface area contributed by atoms with Gasteiger partial charge in [-0.3, -0.25) is 9.59 Å². The molecule has 24 heavy (non-hydrogen) atoms. The molecule has 2 N–H and O–H groups in total. The number of aliphatic hydroxyl groups excluding tert-OH is 1. The summed E-state index contributed by atoms with van der Waals surface area (Å²) in [6.07, 6.45) is 19.5. The van der Waals surface area contributed by atoms with Crippen molar-refractivity contribution in [2.24, 2.45) is 0 Å². The van der Waals surface area contributed by atoms with E-state index in [0.29, 0.717) is 12.8 Å². The van der Waals surface area contributed by atoms with E-state index >= 15 is 0 Å². The molecule has 0 saturated carbocycles. The smallest absolute Gasteiger partial charge is 0.303 e. The van der Waals surface area contributed by atoms with Crippen molar-refractivity contribution in [3.63, 3.8) is 0 Å². The van der Waals surface area contributed by atoms with Crippen LogP contribution in [-0.4, -0.2) is 28.1 Å². The van der Waals surface area contributed by atoms with Gasteiger partial charge < -0.3 is 10.2 Å². The van der Waals surface area contributed by atoms with Crippen LogP contribution in [0.25, 0.3) is 0 Å². The second kappa shape index (κ2) is 15.9. The van der Waals surface area contributed by atoms with E-state index in [0.717, 1.165) is 6.42 Å². The molecule has 0 spiro atoms. The highest BCUT2D eigenvalue weighted by molar-refractivity contribution is 5.90. The van der Waals surface area contributed by atoms with E-state index in [1.54, 1.807) is 30.4 Å². The summed E-state index contributed by atoms with van der Waals surface area (Å²) < 4.78 is 0. The fourth-order valence-corrected chi connectivity index (χ4v) is 1.93. The lowest BCUT2D eigenvalue weighted by Crippen LogP contribution is -1.98. The van der Waals surface area contributed by atoms with E-state index in [-0.39, 0.29) is 18.6 Å². The van der Waals surface area contributed by atoms with Crippen LogP contribution >= 0.6 is 0 Å². The Hall–Kier alpha value is -1.94. The van der Waals surface area contributed by atoms with Gasteiger partial charge in [-0.15, -0.1) is 0 Å². The molecular formula is C20H30O4. The number of aliphatic hydroxyl groups is 1. The molecule has 0 unspecified atom stereocenters. The Morgan fingerprint density at radius 3 is 2.42 bits per heavy atom. The van der Waals surface area contributed by atoms with Crippen molar-refractivity contribution in [1.82, 2.24) is 0 Å². The number of carboxylic acids is 1. The van der Waals surface area contributed by atoms with Crippen LogP contribution in [0.5, 0.6) is 0 Å². The van der Waals surface area contributed by atoms with E-state index in [2.05, 4.69) is 13.0 Å². The standard InChI is InChI=1S/C20H30O4/c1-2-3-4-5-6-9-13-18(21)14-10-7-8-11-15-19(22)16-12-17-20(23)24/h6-11,14-15,18,21H,2-5,12-13,16-17H2,1H3,(H,23,24)/b8-7+,9-6-,14-10+,15-11+/t18-/m1/s1. The SMILES string of the molecule is CCCCC/C=C\C[C@@H](O)/C=C/C=C/C=C/C(=O)CCCC(=O)O. The molecule has 4 heteroatoms. The van der Waals surface area contributed by atoms with Gasteiger partial charge in [0.05, 0.1) is 6.10 Å². The Morgan fingerprint density at radius 1 is 0.958 bits per heavy atom. The molecule has 0 fully saturated rings. The van der Waals surface area contributed by atoms with Gasteiger partial charge in [-0.05, 0) is 31.8 Å². The zero-order valence-electron chi connectivity index (χ0n) is 14.6. The fourth-order valence-electron chi connectivity index (χ4n) is 1.93. The monoisotopic (exact) mass is 334 g/mol. The van der Waals surface area contributed by atoms with Crippen LogP contribution in [-0.2, 0) is 9.59 Å². The van der Waals surface area contributed by atoms with E-state index in [4.69, 9.17) is 5.11 Å². The van der Waals surface area contributed by atoms with Crippen LogP contribution in [0, 0.1) is 0 Å². The number of carboxylic acid groups (broad SMARTS) is 1. The summed E-state index contributed by atoms with van der Waals surface area (Å²) in [6.45, 7) is 2.18. The van der Waals surface area contributed by atoms with Crippen molar-refractivity contribution in [3.8, 4) is 0 Å². The molecule has 0 aromatic rings. The van der Waals surface area contributed by atoms with Crippen LogP contribution in [0.2, 0.25) is 0 Å². The number of rotatable bonds is 14. The predicted molar refractivity (Wildman–Crippen MR) is 97.8 cm³/mol. The summed E-state index contributed by atoms with van der Waals surface area (Å²) in [5.74, 6) is -0.968. The molecule has 0 rings (SSSR count). The first-order chi connectivity index (χ1) is 11.6. The molecule has 0 radical (unpaired) electrons. The minimum atomic E-state index is -0.883. The molecule has 4 nitrogen and oxygen atoms in total. The molecule has 0 heterocycles.